The number of pyridine rings is 1. The van der Waals surface area contributed by atoms with Gasteiger partial charge in [0.05, 0.1) is 23.0 Å². The first-order valence-electron chi connectivity index (χ1n) is 9.69. The minimum atomic E-state index is -4.41. The number of rotatable bonds is 3. The van der Waals surface area contributed by atoms with Crippen LogP contribution in [0, 0.1) is 0 Å². The third kappa shape index (κ3) is 3.40. The van der Waals surface area contributed by atoms with Gasteiger partial charge >= 0.3 is 6.18 Å². The van der Waals surface area contributed by atoms with E-state index in [2.05, 4.69) is 20.3 Å². The molecule has 0 unspecified atom stereocenters. The molecule has 0 N–H and O–H groups in total. The first-order valence-corrected chi connectivity index (χ1v) is 10.1. The molecule has 1 aliphatic rings. The third-order valence-corrected chi connectivity index (χ3v) is 5.75. The van der Waals surface area contributed by atoms with Crippen LogP contribution in [-0.4, -0.2) is 29.5 Å². The predicted molar refractivity (Wildman–Crippen MR) is 113 cm³/mol. The van der Waals surface area contributed by atoms with Gasteiger partial charge in [0.25, 0.3) is 0 Å². The van der Waals surface area contributed by atoms with Gasteiger partial charge in [-0.25, -0.2) is 4.98 Å². The van der Waals surface area contributed by atoms with Crippen molar-refractivity contribution >= 4 is 17.4 Å². The van der Waals surface area contributed by atoms with Crippen LogP contribution >= 0.6 is 11.6 Å². The van der Waals surface area contributed by atoms with Gasteiger partial charge in [0, 0.05) is 32.7 Å². The Hall–Kier alpha value is -3.40. The fourth-order valence-corrected chi connectivity index (χ4v) is 4.31. The van der Waals surface area contributed by atoms with E-state index < -0.39 is 11.7 Å². The molecule has 0 fully saturated rings. The molecule has 7 nitrogen and oxygen atoms in total. The molecule has 0 saturated carbocycles. The van der Waals surface area contributed by atoms with Crippen molar-refractivity contribution in [2.24, 2.45) is 14.1 Å². The molecule has 4 aromatic rings. The average molecular weight is 460 g/mol. The maximum absolute atomic E-state index is 13.5. The normalized spacial score (nSPS) is 13.6. The summed E-state index contributed by atoms with van der Waals surface area (Å²) < 4.78 is 43.9. The first-order chi connectivity index (χ1) is 15.2. The molecule has 5 rings (SSSR count). The van der Waals surface area contributed by atoms with E-state index in [0.29, 0.717) is 23.8 Å². The van der Waals surface area contributed by atoms with Crippen molar-refractivity contribution in [1.82, 2.24) is 29.5 Å². The second kappa shape index (κ2) is 7.33. The lowest BCUT2D eigenvalue weighted by atomic mass is 10.0. The Morgan fingerprint density at radius 3 is 2.62 bits per heavy atom. The van der Waals surface area contributed by atoms with E-state index in [1.807, 2.05) is 13.1 Å². The number of hydrogen-bond donors (Lipinski definition) is 0. The van der Waals surface area contributed by atoms with Gasteiger partial charge in [0.2, 0.25) is 0 Å². The second-order valence-corrected chi connectivity index (χ2v) is 8.02. The Labute approximate surface area is 186 Å². The molecule has 11 heteroatoms. The van der Waals surface area contributed by atoms with Crippen LogP contribution in [0.3, 0.4) is 0 Å². The minimum Gasteiger partial charge on any atom is -0.348 e. The molecule has 32 heavy (non-hydrogen) atoms. The van der Waals surface area contributed by atoms with Gasteiger partial charge in [0.1, 0.15) is 17.3 Å². The fraction of sp³-hybridized carbons (Fsp3) is 0.238. The average Bonchev–Trinajstić information content (AvgIpc) is 3.44. The highest BCUT2D eigenvalue weighted by Crippen LogP contribution is 2.39. The summed E-state index contributed by atoms with van der Waals surface area (Å²) in [7, 11) is 3.63. The van der Waals surface area contributed by atoms with E-state index in [1.54, 1.807) is 45.9 Å². The summed E-state index contributed by atoms with van der Waals surface area (Å²) in [4.78, 5) is 6.17. The standard InChI is InChI=1S/C21H17ClF3N7/c1-30-11-26-29-20(30)14-8-27-31(2)19(14)13-6-17(22)28-18(7-13)32-9-12-4-3-5-16(15(12)10-32)21(23,24)25/h3-8,11H,9-10H2,1-2H3. The molecule has 0 radical (unpaired) electrons. The summed E-state index contributed by atoms with van der Waals surface area (Å²) in [6.07, 6.45) is -1.13. The summed E-state index contributed by atoms with van der Waals surface area (Å²) in [5.74, 6) is 1.12. The van der Waals surface area contributed by atoms with Crippen LogP contribution in [-0.2, 0) is 33.4 Å². The zero-order valence-electron chi connectivity index (χ0n) is 17.1. The Morgan fingerprint density at radius 1 is 1.09 bits per heavy atom. The molecule has 0 spiro atoms. The molecule has 0 saturated heterocycles. The van der Waals surface area contributed by atoms with Gasteiger partial charge in [-0.2, -0.15) is 18.3 Å². The van der Waals surface area contributed by atoms with E-state index in [1.165, 1.54) is 6.07 Å². The van der Waals surface area contributed by atoms with Gasteiger partial charge in [-0.1, -0.05) is 23.7 Å². The Morgan fingerprint density at radius 2 is 1.91 bits per heavy atom. The molecule has 1 aromatic carbocycles. The lowest BCUT2D eigenvalue weighted by Crippen LogP contribution is -2.17. The lowest BCUT2D eigenvalue weighted by molar-refractivity contribution is -0.138. The fourth-order valence-electron chi connectivity index (χ4n) is 4.10. The maximum Gasteiger partial charge on any atom is 0.416 e. The molecular weight excluding hydrogens is 443 g/mol. The number of aryl methyl sites for hydroxylation is 2. The molecule has 4 heterocycles. The highest BCUT2D eigenvalue weighted by Gasteiger charge is 2.37. The van der Waals surface area contributed by atoms with Crippen LogP contribution in [0.1, 0.15) is 16.7 Å². The van der Waals surface area contributed by atoms with E-state index in [0.717, 1.165) is 22.9 Å². The largest absolute Gasteiger partial charge is 0.416 e. The van der Waals surface area contributed by atoms with Crippen LogP contribution in [0.5, 0.6) is 0 Å². The van der Waals surface area contributed by atoms with Crippen molar-refractivity contribution in [3.8, 4) is 22.6 Å². The van der Waals surface area contributed by atoms with Crippen molar-refractivity contribution in [2.45, 2.75) is 19.3 Å². The second-order valence-electron chi connectivity index (χ2n) is 7.63. The van der Waals surface area contributed by atoms with Gasteiger partial charge in [-0.05, 0) is 29.3 Å². The summed E-state index contributed by atoms with van der Waals surface area (Å²) in [6.45, 7) is 0.410. The zero-order valence-corrected chi connectivity index (χ0v) is 17.9. The number of nitrogens with zero attached hydrogens (tertiary/aromatic N) is 7. The van der Waals surface area contributed by atoms with Crippen molar-refractivity contribution in [3.63, 3.8) is 0 Å². The SMILES string of the molecule is Cn1cnnc1-c1cnn(C)c1-c1cc(Cl)nc(N2Cc3cccc(C(F)(F)F)c3C2)c1. The monoisotopic (exact) mass is 459 g/mol. The first kappa shape index (κ1) is 20.5. The number of fused-ring (bicyclic) bond motifs is 1. The Bertz CT molecular complexity index is 1330. The van der Waals surface area contributed by atoms with Crippen LogP contribution in [0.15, 0.2) is 42.9 Å². The smallest absolute Gasteiger partial charge is 0.348 e. The molecule has 0 atom stereocenters. The highest BCUT2D eigenvalue weighted by atomic mass is 35.5. The predicted octanol–water partition coefficient (Wildman–Crippen LogP) is 4.47. The number of anilines is 1. The van der Waals surface area contributed by atoms with Crippen LogP contribution in [0.2, 0.25) is 5.15 Å². The summed E-state index contributed by atoms with van der Waals surface area (Å²) in [5.41, 5.74) is 2.51. The molecule has 1 aliphatic heterocycles. The van der Waals surface area contributed by atoms with E-state index in [9.17, 15) is 13.2 Å². The minimum absolute atomic E-state index is 0.0966. The third-order valence-electron chi connectivity index (χ3n) is 5.56. The highest BCUT2D eigenvalue weighted by molar-refractivity contribution is 6.29. The van der Waals surface area contributed by atoms with Crippen LogP contribution < -0.4 is 4.90 Å². The van der Waals surface area contributed by atoms with Crippen LogP contribution in [0.4, 0.5) is 19.0 Å². The van der Waals surface area contributed by atoms with Crippen LogP contribution in [0.25, 0.3) is 22.6 Å². The van der Waals surface area contributed by atoms with E-state index in [4.69, 9.17) is 11.6 Å². The molecule has 0 bridgehead atoms. The van der Waals surface area contributed by atoms with E-state index >= 15 is 0 Å². The molecule has 3 aromatic heterocycles. The van der Waals surface area contributed by atoms with Crippen molar-refractivity contribution < 1.29 is 13.2 Å². The van der Waals surface area contributed by atoms with Crippen molar-refractivity contribution in [1.29, 1.82) is 0 Å². The topological polar surface area (TPSA) is 64.7 Å². The van der Waals surface area contributed by atoms with Gasteiger partial charge in [-0.15, -0.1) is 10.2 Å². The maximum atomic E-state index is 13.5. The molecule has 164 valence electrons. The zero-order chi connectivity index (χ0) is 22.6. The summed E-state index contributed by atoms with van der Waals surface area (Å²) in [6, 6.07) is 7.77. The summed E-state index contributed by atoms with van der Waals surface area (Å²) in [5, 5.41) is 12.7. The van der Waals surface area contributed by atoms with Gasteiger partial charge in [0.15, 0.2) is 5.82 Å². The van der Waals surface area contributed by atoms with Gasteiger partial charge in [-0.3, -0.25) is 4.68 Å². The number of aromatic nitrogens is 6. The molecule has 0 amide bonds. The lowest BCUT2D eigenvalue weighted by Gasteiger charge is -2.18. The molecule has 0 aliphatic carbocycles. The van der Waals surface area contributed by atoms with E-state index in [-0.39, 0.29) is 17.3 Å². The number of hydrogen-bond acceptors (Lipinski definition) is 5. The summed E-state index contributed by atoms with van der Waals surface area (Å²) >= 11 is 6.34. The number of halogens is 4. The Kier molecular flexibility index (Phi) is 4.70. The van der Waals surface area contributed by atoms with Crippen molar-refractivity contribution in [3.05, 3.63) is 64.7 Å². The Balaban J connectivity index is 1.56. The molecular formula is C21H17ClF3N7. The van der Waals surface area contributed by atoms with Gasteiger partial charge < -0.3 is 9.47 Å². The number of alkyl halides is 3. The quantitative estimate of drug-likeness (QED) is 0.423. The number of benzene rings is 1. The van der Waals surface area contributed by atoms with Crippen molar-refractivity contribution in [2.75, 3.05) is 4.90 Å².